The molecule has 0 aliphatic heterocycles. The van der Waals surface area contributed by atoms with E-state index in [4.69, 9.17) is 9.47 Å². The molecule has 2 N–H and O–H groups in total. The second kappa shape index (κ2) is 9.57. The predicted molar refractivity (Wildman–Crippen MR) is 99.8 cm³/mol. The molecule has 0 bridgehead atoms. The molecule has 0 radical (unpaired) electrons. The fourth-order valence-corrected chi connectivity index (χ4v) is 2.24. The molecule has 0 aliphatic carbocycles. The van der Waals surface area contributed by atoms with Crippen molar-refractivity contribution in [3.05, 3.63) is 41.9 Å². The number of ether oxygens (including phenoxy) is 2. The van der Waals surface area contributed by atoms with Crippen molar-refractivity contribution >= 4 is 11.7 Å². The van der Waals surface area contributed by atoms with Crippen molar-refractivity contribution < 1.29 is 14.3 Å². The summed E-state index contributed by atoms with van der Waals surface area (Å²) in [5.74, 6) is 1.70. The van der Waals surface area contributed by atoms with Gasteiger partial charge in [-0.25, -0.2) is 9.97 Å². The highest BCUT2D eigenvalue weighted by atomic mass is 16.5. The predicted octanol–water partition coefficient (Wildman–Crippen LogP) is 1.40. The molecule has 1 aromatic carbocycles. The van der Waals surface area contributed by atoms with Gasteiger partial charge in [0.2, 0.25) is 0 Å². The van der Waals surface area contributed by atoms with Crippen LogP contribution in [0, 0.1) is 0 Å². The van der Waals surface area contributed by atoms with E-state index in [1.54, 1.807) is 20.3 Å². The minimum absolute atomic E-state index is 0.219. The van der Waals surface area contributed by atoms with Gasteiger partial charge < -0.3 is 25.0 Å². The molecule has 0 saturated carbocycles. The van der Waals surface area contributed by atoms with Crippen LogP contribution in [0.5, 0.6) is 11.5 Å². The monoisotopic (exact) mass is 359 g/mol. The minimum atomic E-state index is -0.219. The summed E-state index contributed by atoms with van der Waals surface area (Å²) in [5, 5.41) is 6.01. The fraction of sp³-hybridized carbons (Fsp3) is 0.389. The highest BCUT2D eigenvalue weighted by molar-refractivity contribution is 5.92. The van der Waals surface area contributed by atoms with E-state index in [2.05, 4.69) is 20.6 Å². The summed E-state index contributed by atoms with van der Waals surface area (Å²) in [6.45, 7) is 1.85. The number of likely N-dealkylation sites (N-methyl/N-ethyl adjacent to an activating group) is 1. The van der Waals surface area contributed by atoms with Crippen LogP contribution >= 0.6 is 0 Å². The van der Waals surface area contributed by atoms with Crippen LogP contribution in [0.4, 0.5) is 5.82 Å². The molecule has 2 aromatic rings. The van der Waals surface area contributed by atoms with E-state index in [1.807, 2.05) is 37.2 Å². The number of carbonyl (C=O) groups excluding carboxylic acids is 1. The first kappa shape index (κ1) is 19.5. The molecule has 0 atom stereocenters. The SMILES string of the molecule is COc1ccc(CNc2cc(C(=O)NCCN(C)C)ncn2)cc1OC. The number of amides is 1. The number of rotatable bonds is 9. The topological polar surface area (TPSA) is 88.6 Å². The number of anilines is 1. The molecule has 0 unspecified atom stereocenters. The number of nitrogens with zero attached hydrogens (tertiary/aromatic N) is 3. The molecule has 0 fully saturated rings. The van der Waals surface area contributed by atoms with E-state index in [0.29, 0.717) is 36.1 Å². The third-order valence-corrected chi connectivity index (χ3v) is 3.67. The third-order valence-electron chi connectivity index (χ3n) is 3.67. The molecule has 0 saturated heterocycles. The lowest BCUT2D eigenvalue weighted by molar-refractivity contribution is 0.0946. The fourth-order valence-electron chi connectivity index (χ4n) is 2.24. The summed E-state index contributed by atoms with van der Waals surface area (Å²) in [4.78, 5) is 22.3. The zero-order chi connectivity index (χ0) is 18.9. The first-order valence-electron chi connectivity index (χ1n) is 8.23. The number of benzene rings is 1. The van der Waals surface area contributed by atoms with Gasteiger partial charge in [0.1, 0.15) is 17.8 Å². The second-order valence-electron chi connectivity index (χ2n) is 5.89. The zero-order valence-electron chi connectivity index (χ0n) is 15.6. The molecular weight excluding hydrogens is 334 g/mol. The Morgan fingerprint density at radius 1 is 1.12 bits per heavy atom. The van der Waals surface area contributed by atoms with E-state index in [-0.39, 0.29) is 5.91 Å². The zero-order valence-corrected chi connectivity index (χ0v) is 15.6. The van der Waals surface area contributed by atoms with Gasteiger partial charge >= 0.3 is 0 Å². The average Bonchev–Trinajstić information content (AvgIpc) is 2.65. The summed E-state index contributed by atoms with van der Waals surface area (Å²) < 4.78 is 10.5. The van der Waals surface area contributed by atoms with Gasteiger partial charge in [-0.1, -0.05) is 6.07 Å². The lowest BCUT2D eigenvalue weighted by Gasteiger charge is -2.11. The highest BCUT2D eigenvalue weighted by Crippen LogP contribution is 2.27. The number of carbonyl (C=O) groups is 1. The lowest BCUT2D eigenvalue weighted by atomic mass is 10.2. The van der Waals surface area contributed by atoms with Gasteiger partial charge in [0.15, 0.2) is 11.5 Å². The molecule has 0 aliphatic rings. The van der Waals surface area contributed by atoms with Gasteiger partial charge in [-0.15, -0.1) is 0 Å². The maximum Gasteiger partial charge on any atom is 0.270 e. The Balaban J connectivity index is 1.97. The molecule has 2 rings (SSSR count). The quantitative estimate of drug-likeness (QED) is 0.699. The molecule has 8 heteroatoms. The van der Waals surface area contributed by atoms with E-state index >= 15 is 0 Å². The Labute approximate surface area is 153 Å². The Morgan fingerprint density at radius 2 is 1.88 bits per heavy atom. The van der Waals surface area contributed by atoms with Crippen molar-refractivity contribution in [2.45, 2.75) is 6.54 Å². The summed E-state index contributed by atoms with van der Waals surface area (Å²) in [6, 6.07) is 7.30. The first-order valence-corrected chi connectivity index (χ1v) is 8.23. The van der Waals surface area contributed by atoms with Crippen LogP contribution in [-0.2, 0) is 6.54 Å². The van der Waals surface area contributed by atoms with E-state index in [0.717, 1.165) is 12.1 Å². The van der Waals surface area contributed by atoms with Crippen molar-refractivity contribution in [1.82, 2.24) is 20.2 Å². The van der Waals surface area contributed by atoms with Crippen molar-refractivity contribution in [2.24, 2.45) is 0 Å². The summed E-state index contributed by atoms with van der Waals surface area (Å²) in [5.41, 5.74) is 1.33. The summed E-state index contributed by atoms with van der Waals surface area (Å²) >= 11 is 0. The Bertz CT molecular complexity index is 737. The number of hydrogen-bond donors (Lipinski definition) is 2. The van der Waals surface area contributed by atoms with Gasteiger partial charge in [-0.05, 0) is 31.8 Å². The number of nitrogens with one attached hydrogen (secondary N) is 2. The molecular formula is C18H25N5O3. The maximum absolute atomic E-state index is 12.1. The van der Waals surface area contributed by atoms with Gasteiger partial charge in [0, 0.05) is 25.7 Å². The summed E-state index contributed by atoms with van der Waals surface area (Å²) in [7, 11) is 7.10. The lowest BCUT2D eigenvalue weighted by Crippen LogP contribution is -2.31. The average molecular weight is 359 g/mol. The van der Waals surface area contributed by atoms with Crippen molar-refractivity contribution in [2.75, 3.05) is 46.7 Å². The van der Waals surface area contributed by atoms with Crippen LogP contribution in [-0.4, -0.2) is 62.2 Å². The molecule has 26 heavy (non-hydrogen) atoms. The van der Waals surface area contributed by atoms with Crippen LogP contribution < -0.4 is 20.1 Å². The van der Waals surface area contributed by atoms with Gasteiger partial charge in [-0.2, -0.15) is 0 Å². The van der Waals surface area contributed by atoms with E-state index in [9.17, 15) is 4.79 Å². The normalized spacial score (nSPS) is 10.5. The maximum atomic E-state index is 12.1. The first-order chi connectivity index (χ1) is 12.5. The number of hydrogen-bond acceptors (Lipinski definition) is 7. The standard InChI is InChI=1S/C18H25N5O3/c1-23(2)8-7-19-18(24)14-10-17(22-12-21-14)20-11-13-5-6-15(25-3)16(9-13)26-4/h5-6,9-10,12H,7-8,11H2,1-4H3,(H,19,24)(H,20,21,22). The third kappa shape index (κ3) is 5.59. The Morgan fingerprint density at radius 3 is 2.58 bits per heavy atom. The minimum Gasteiger partial charge on any atom is -0.493 e. The van der Waals surface area contributed by atoms with Crippen molar-refractivity contribution in [3.63, 3.8) is 0 Å². The van der Waals surface area contributed by atoms with Crippen LogP contribution in [0.25, 0.3) is 0 Å². The van der Waals surface area contributed by atoms with Crippen molar-refractivity contribution in [3.8, 4) is 11.5 Å². The number of aromatic nitrogens is 2. The molecule has 1 amide bonds. The largest absolute Gasteiger partial charge is 0.493 e. The highest BCUT2D eigenvalue weighted by Gasteiger charge is 2.09. The Hall–Kier alpha value is -2.87. The number of methoxy groups -OCH3 is 2. The molecule has 1 aromatic heterocycles. The van der Waals surface area contributed by atoms with Crippen LogP contribution in [0.2, 0.25) is 0 Å². The smallest absolute Gasteiger partial charge is 0.270 e. The van der Waals surface area contributed by atoms with E-state index in [1.165, 1.54) is 6.33 Å². The second-order valence-corrected chi connectivity index (χ2v) is 5.89. The van der Waals surface area contributed by atoms with Gasteiger partial charge in [0.05, 0.1) is 14.2 Å². The van der Waals surface area contributed by atoms with Crippen LogP contribution in [0.1, 0.15) is 16.1 Å². The van der Waals surface area contributed by atoms with Crippen LogP contribution in [0.3, 0.4) is 0 Å². The van der Waals surface area contributed by atoms with Crippen LogP contribution in [0.15, 0.2) is 30.6 Å². The molecule has 140 valence electrons. The van der Waals surface area contributed by atoms with Gasteiger partial charge in [-0.3, -0.25) is 4.79 Å². The summed E-state index contributed by atoms with van der Waals surface area (Å²) in [6.07, 6.45) is 1.37. The Kier molecular flexibility index (Phi) is 7.16. The molecule has 1 heterocycles. The van der Waals surface area contributed by atoms with E-state index < -0.39 is 0 Å². The van der Waals surface area contributed by atoms with Crippen molar-refractivity contribution in [1.29, 1.82) is 0 Å². The molecule has 0 spiro atoms. The molecule has 8 nitrogen and oxygen atoms in total. The van der Waals surface area contributed by atoms with Gasteiger partial charge in [0.25, 0.3) is 5.91 Å².